The molecule has 1 N–H and O–H groups in total. The van der Waals surface area contributed by atoms with Crippen LogP contribution < -0.4 is 4.90 Å². The lowest BCUT2D eigenvalue weighted by Gasteiger charge is -2.33. The van der Waals surface area contributed by atoms with Crippen LogP contribution in [0.5, 0.6) is 0 Å². The zero-order chi connectivity index (χ0) is 18.1. The number of carboxylic acids is 1. The van der Waals surface area contributed by atoms with Gasteiger partial charge in [0.25, 0.3) is 5.92 Å². The quantitative estimate of drug-likeness (QED) is 0.758. The van der Waals surface area contributed by atoms with E-state index >= 15 is 0 Å². The molecule has 1 saturated carbocycles. The second kappa shape index (κ2) is 4.93. The summed E-state index contributed by atoms with van der Waals surface area (Å²) in [7, 11) is 0. The number of anilines is 1. The Labute approximate surface area is 147 Å². The molecule has 3 heterocycles. The van der Waals surface area contributed by atoms with E-state index in [9.17, 15) is 18.7 Å². The zero-order valence-electron chi connectivity index (χ0n) is 14.0. The third-order valence-corrected chi connectivity index (χ3v) is 5.92. The Kier molecular flexibility index (Phi) is 2.95. The molecule has 134 valence electrons. The fraction of sp³-hybridized carbons (Fsp3) is 0.368. The van der Waals surface area contributed by atoms with E-state index in [0.717, 1.165) is 16.9 Å². The Morgan fingerprint density at radius 3 is 2.54 bits per heavy atom. The van der Waals surface area contributed by atoms with Gasteiger partial charge in [0.1, 0.15) is 0 Å². The van der Waals surface area contributed by atoms with E-state index in [2.05, 4.69) is 0 Å². The van der Waals surface area contributed by atoms with Gasteiger partial charge in [0.15, 0.2) is 5.82 Å². The van der Waals surface area contributed by atoms with Gasteiger partial charge >= 0.3 is 5.97 Å². The Hall–Kier alpha value is -2.70. The van der Waals surface area contributed by atoms with E-state index in [-0.39, 0.29) is 12.0 Å². The van der Waals surface area contributed by atoms with Crippen molar-refractivity contribution in [3.8, 4) is 0 Å². The molecular weight excluding hydrogens is 340 g/mol. The molecule has 1 aliphatic heterocycles. The first kappa shape index (κ1) is 15.5. The van der Waals surface area contributed by atoms with Gasteiger partial charge in [-0.05, 0) is 43.2 Å². The molecule has 0 bridgehead atoms. The molecule has 2 aromatic heterocycles. The average molecular weight is 357 g/mol. The van der Waals surface area contributed by atoms with Crippen molar-refractivity contribution in [2.75, 3.05) is 18.0 Å². The normalized spacial score (nSPS) is 20.8. The number of piperidine rings is 1. The van der Waals surface area contributed by atoms with Crippen LogP contribution in [0.15, 0.2) is 36.5 Å². The molecule has 1 aliphatic carbocycles. The van der Waals surface area contributed by atoms with Crippen LogP contribution in [0.2, 0.25) is 0 Å². The minimum absolute atomic E-state index is 0.00149. The summed E-state index contributed by atoms with van der Waals surface area (Å²) in [6.45, 7) is 1.07. The predicted octanol–water partition coefficient (Wildman–Crippen LogP) is 3.81. The first-order valence-electron chi connectivity index (χ1n) is 8.67. The Morgan fingerprint density at radius 2 is 1.88 bits per heavy atom. The molecule has 0 radical (unpaired) electrons. The van der Waals surface area contributed by atoms with Gasteiger partial charge in [0.2, 0.25) is 0 Å². The lowest BCUT2D eigenvalue weighted by Crippen LogP contribution is -2.37. The highest BCUT2D eigenvalue weighted by atomic mass is 19.3. The van der Waals surface area contributed by atoms with Crippen LogP contribution in [0, 0.1) is 5.41 Å². The highest BCUT2D eigenvalue weighted by molar-refractivity contribution is 5.94. The van der Waals surface area contributed by atoms with E-state index in [4.69, 9.17) is 4.98 Å². The zero-order valence-corrected chi connectivity index (χ0v) is 14.0. The number of benzene rings is 1. The van der Waals surface area contributed by atoms with Crippen molar-refractivity contribution < 1.29 is 18.7 Å². The van der Waals surface area contributed by atoms with Gasteiger partial charge < -0.3 is 14.4 Å². The van der Waals surface area contributed by atoms with Crippen molar-refractivity contribution in [1.82, 2.24) is 9.38 Å². The fourth-order valence-electron chi connectivity index (χ4n) is 4.20. The lowest BCUT2D eigenvalue weighted by atomic mass is 9.93. The Morgan fingerprint density at radius 1 is 1.15 bits per heavy atom. The van der Waals surface area contributed by atoms with Crippen LogP contribution in [0.4, 0.5) is 14.6 Å². The molecule has 1 saturated heterocycles. The van der Waals surface area contributed by atoms with E-state index in [1.54, 1.807) is 18.2 Å². The summed E-state index contributed by atoms with van der Waals surface area (Å²) in [5.41, 5.74) is 1.67. The number of carboxylic acid groups (broad SMARTS) is 1. The molecule has 26 heavy (non-hydrogen) atoms. The number of nitrogens with zero attached hydrogens (tertiary/aromatic N) is 3. The maximum Gasteiger partial charge on any atom is 0.335 e. The summed E-state index contributed by atoms with van der Waals surface area (Å²) in [6.07, 6.45) is 2.83. The van der Waals surface area contributed by atoms with Crippen molar-refractivity contribution in [1.29, 1.82) is 0 Å². The highest BCUT2D eigenvalue weighted by Gasteiger charge is 2.70. The standard InChI is InChI=1S/C19H17F2N3O2/c20-19(21)11-18(19)5-8-23(9-6-18)16-15-2-1-7-24(15)14-4-3-12(17(25)26)10-13(14)22-16/h1-4,7,10H,5-6,8-9,11H2,(H,25,26). The van der Waals surface area contributed by atoms with Crippen molar-refractivity contribution in [2.24, 2.45) is 5.41 Å². The molecule has 2 fully saturated rings. The number of rotatable bonds is 2. The Balaban J connectivity index is 1.58. The van der Waals surface area contributed by atoms with Crippen LogP contribution in [0.25, 0.3) is 16.6 Å². The number of hydrogen-bond donors (Lipinski definition) is 1. The number of aromatic nitrogens is 2. The number of alkyl halides is 2. The van der Waals surface area contributed by atoms with Crippen LogP contribution in [0.1, 0.15) is 29.6 Å². The number of fused-ring (bicyclic) bond motifs is 3. The van der Waals surface area contributed by atoms with Crippen molar-refractivity contribution in [3.05, 3.63) is 42.1 Å². The molecule has 1 spiro atoms. The topological polar surface area (TPSA) is 57.8 Å². The average Bonchev–Trinajstić information content (AvgIpc) is 2.98. The van der Waals surface area contributed by atoms with Crippen LogP contribution in [-0.4, -0.2) is 39.5 Å². The maximum atomic E-state index is 13.6. The molecule has 7 heteroatoms. The van der Waals surface area contributed by atoms with E-state index in [1.807, 2.05) is 27.6 Å². The van der Waals surface area contributed by atoms with E-state index in [0.29, 0.717) is 31.4 Å². The van der Waals surface area contributed by atoms with Gasteiger partial charge in [-0.3, -0.25) is 0 Å². The third-order valence-electron chi connectivity index (χ3n) is 5.92. The van der Waals surface area contributed by atoms with Gasteiger partial charge in [0.05, 0.1) is 22.1 Å². The minimum Gasteiger partial charge on any atom is -0.478 e. The highest BCUT2D eigenvalue weighted by Crippen LogP contribution is 2.65. The summed E-state index contributed by atoms with van der Waals surface area (Å²) in [5, 5.41) is 9.23. The molecule has 0 atom stereocenters. The van der Waals surface area contributed by atoms with Gasteiger partial charge in [-0.25, -0.2) is 18.6 Å². The third kappa shape index (κ3) is 2.06. The van der Waals surface area contributed by atoms with Gasteiger partial charge in [-0.2, -0.15) is 0 Å². The molecule has 1 aromatic carbocycles. The van der Waals surface area contributed by atoms with Crippen LogP contribution >= 0.6 is 0 Å². The molecule has 5 rings (SSSR count). The molecule has 2 aliphatic rings. The number of carbonyl (C=O) groups is 1. The summed E-state index contributed by atoms with van der Waals surface area (Å²) < 4.78 is 29.3. The lowest BCUT2D eigenvalue weighted by molar-refractivity contribution is 0.0536. The summed E-state index contributed by atoms with van der Waals surface area (Å²) in [4.78, 5) is 18.0. The number of aromatic carboxylic acids is 1. The molecular formula is C19H17F2N3O2. The van der Waals surface area contributed by atoms with Crippen molar-refractivity contribution in [3.63, 3.8) is 0 Å². The van der Waals surface area contributed by atoms with Gasteiger partial charge in [-0.15, -0.1) is 0 Å². The SMILES string of the molecule is O=C(O)c1ccc2c(c1)nc(N1CCC3(CC1)CC3(F)F)c1cccn12. The summed E-state index contributed by atoms with van der Waals surface area (Å²) in [6, 6.07) is 8.72. The van der Waals surface area contributed by atoms with E-state index < -0.39 is 17.3 Å². The monoisotopic (exact) mass is 357 g/mol. The van der Waals surface area contributed by atoms with Crippen molar-refractivity contribution in [2.45, 2.75) is 25.2 Å². The minimum atomic E-state index is -2.52. The van der Waals surface area contributed by atoms with Crippen LogP contribution in [-0.2, 0) is 0 Å². The fourth-order valence-corrected chi connectivity index (χ4v) is 4.20. The van der Waals surface area contributed by atoms with Gasteiger partial charge in [-0.1, -0.05) is 0 Å². The first-order chi connectivity index (χ1) is 12.4. The van der Waals surface area contributed by atoms with Gasteiger partial charge in [0, 0.05) is 31.1 Å². The molecule has 5 nitrogen and oxygen atoms in total. The maximum absolute atomic E-state index is 13.6. The largest absolute Gasteiger partial charge is 0.478 e. The second-order valence-corrected chi connectivity index (χ2v) is 7.36. The second-order valence-electron chi connectivity index (χ2n) is 7.36. The number of halogens is 2. The molecule has 3 aromatic rings. The van der Waals surface area contributed by atoms with E-state index in [1.165, 1.54) is 0 Å². The summed E-state index contributed by atoms with van der Waals surface area (Å²) >= 11 is 0. The van der Waals surface area contributed by atoms with Crippen LogP contribution in [0.3, 0.4) is 0 Å². The first-order valence-corrected chi connectivity index (χ1v) is 8.67. The number of hydrogen-bond acceptors (Lipinski definition) is 3. The Bertz CT molecular complexity index is 1050. The summed E-state index contributed by atoms with van der Waals surface area (Å²) in [5.74, 6) is -2.79. The molecule has 0 amide bonds. The predicted molar refractivity (Wildman–Crippen MR) is 93.1 cm³/mol. The molecule has 0 unspecified atom stereocenters. The smallest absolute Gasteiger partial charge is 0.335 e. The van der Waals surface area contributed by atoms with Crippen molar-refractivity contribution >= 4 is 28.3 Å².